The van der Waals surface area contributed by atoms with E-state index in [9.17, 15) is 9.59 Å². The molecule has 0 amide bonds. The van der Waals surface area contributed by atoms with Crippen LogP contribution in [-0.4, -0.2) is 25.2 Å². The maximum absolute atomic E-state index is 11.6. The molecule has 0 aliphatic rings. The quantitative estimate of drug-likeness (QED) is 0.240. The second-order valence-electron chi connectivity index (χ2n) is 8.29. The molecule has 0 heterocycles. The van der Waals surface area contributed by atoms with Crippen LogP contribution in [0.2, 0.25) is 0 Å². The number of aryl methyl sites for hydroxylation is 1. The molecular formula is C30H31NO4. The van der Waals surface area contributed by atoms with Crippen LogP contribution in [0, 0.1) is 6.92 Å². The summed E-state index contributed by atoms with van der Waals surface area (Å²) >= 11 is 0. The Kier molecular flexibility index (Phi) is 9.02. The van der Waals surface area contributed by atoms with Crippen molar-refractivity contribution in [2.24, 2.45) is 0 Å². The number of anilines is 3. The molecule has 0 aliphatic heterocycles. The van der Waals surface area contributed by atoms with E-state index in [4.69, 9.17) is 9.47 Å². The Bertz CT molecular complexity index is 1160. The van der Waals surface area contributed by atoms with Gasteiger partial charge >= 0.3 is 11.9 Å². The van der Waals surface area contributed by atoms with Crippen LogP contribution >= 0.6 is 0 Å². The number of hydrogen-bond acceptors (Lipinski definition) is 5. The molecule has 0 bridgehead atoms. The molecule has 0 radical (unpaired) electrons. The van der Waals surface area contributed by atoms with Crippen molar-refractivity contribution in [1.29, 1.82) is 0 Å². The highest BCUT2D eigenvalue weighted by Crippen LogP contribution is 2.34. The summed E-state index contributed by atoms with van der Waals surface area (Å²) in [6, 6.07) is 24.8. The molecule has 5 nitrogen and oxygen atoms in total. The number of esters is 2. The van der Waals surface area contributed by atoms with Gasteiger partial charge in [0.1, 0.15) is 0 Å². The fraction of sp³-hybridized carbons (Fsp3) is 0.200. The fourth-order valence-electron chi connectivity index (χ4n) is 3.48. The smallest absolute Gasteiger partial charge is 0.333 e. The minimum absolute atomic E-state index is 0.315. The molecule has 0 aliphatic carbocycles. The lowest BCUT2D eigenvalue weighted by Gasteiger charge is -2.26. The van der Waals surface area contributed by atoms with Crippen molar-refractivity contribution >= 4 is 29.0 Å². The number of carbonyl (C=O) groups is 2. The van der Waals surface area contributed by atoms with Crippen molar-refractivity contribution in [3.63, 3.8) is 0 Å². The number of carbonyl (C=O) groups excluding carboxylic acids is 2. The standard InChI is InChI=1S/C30H31NO4/c1-5-29(32)34-20-18-24-8-14-27(15-9-24)31(26-12-6-23(4)7-13-26)28-16-10-25(11-17-28)19-21-35-30(33)22(2)3/h5-17H,1-2,18-21H2,3-4H3. The Labute approximate surface area is 207 Å². The molecule has 3 aromatic carbocycles. The molecule has 0 unspecified atom stereocenters. The van der Waals surface area contributed by atoms with E-state index in [0.29, 0.717) is 31.6 Å². The van der Waals surface area contributed by atoms with Gasteiger partial charge in [-0.3, -0.25) is 0 Å². The van der Waals surface area contributed by atoms with Gasteiger partial charge in [0.25, 0.3) is 0 Å². The van der Waals surface area contributed by atoms with Gasteiger partial charge in [0, 0.05) is 41.6 Å². The second kappa shape index (κ2) is 12.4. The first-order chi connectivity index (χ1) is 16.9. The van der Waals surface area contributed by atoms with Crippen LogP contribution in [0.25, 0.3) is 0 Å². The summed E-state index contributed by atoms with van der Waals surface area (Å²) in [6.45, 7) is 11.3. The molecule has 3 rings (SSSR count). The van der Waals surface area contributed by atoms with Crippen molar-refractivity contribution in [3.8, 4) is 0 Å². The predicted molar refractivity (Wildman–Crippen MR) is 140 cm³/mol. The van der Waals surface area contributed by atoms with Gasteiger partial charge in [0.05, 0.1) is 13.2 Å². The second-order valence-corrected chi connectivity index (χ2v) is 8.29. The van der Waals surface area contributed by atoms with Crippen molar-refractivity contribution in [3.05, 3.63) is 114 Å². The molecule has 3 aromatic rings. The molecule has 35 heavy (non-hydrogen) atoms. The highest BCUT2D eigenvalue weighted by molar-refractivity contribution is 5.86. The van der Waals surface area contributed by atoms with Crippen molar-refractivity contribution in [2.45, 2.75) is 26.7 Å². The monoisotopic (exact) mass is 469 g/mol. The average Bonchev–Trinajstić information content (AvgIpc) is 2.87. The van der Waals surface area contributed by atoms with Gasteiger partial charge in [-0.15, -0.1) is 0 Å². The number of benzene rings is 3. The van der Waals surface area contributed by atoms with Crippen molar-refractivity contribution in [1.82, 2.24) is 0 Å². The van der Waals surface area contributed by atoms with E-state index in [0.717, 1.165) is 28.2 Å². The Morgan fingerprint density at radius 2 is 1.20 bits per heavy atom. The summed E-state index contributed by atoms with van der Waals surface area (Å²) in [6.07, 6.45) is 2.44. The molecule has 0 N–H and O–H groups in total. The fourth-order valence-corrected chi connectivity index (χ4v) is 3.48. The zero-order valence-corrected chi connectivity index (χ0v) is 20.3. The highest BCUT2D eigenvalue weighted by atomic mass is 16.5. The first kappa shape index (κ1) is 25.5. The molecular weight excluding hydrogens is 438 g/mol. The maximum Gasteiger partial charge on any atom is 0.333 e. The molecule has 0 saturated carbocycles. The van der Waals surface area contributed by atoms with Crippen LogP contribution in [-0.2, 0) is 31.9 Å². The van der Waals surface area contributed by atoms with E-state index in [-0.39, 0.29) is 5.97 Å². The molecule has 0 atom stereocenters. The lowest BCUT2D eigenvalue weighted by molar-refractivity contribution is -0.139. The SMILES string of the molecule is C=CC(=O)OCCc1ccc(N(c2ccc(C)cc2)c2ccc(CCOC(=O)C(=C)C)cc2)cc1. The van der Waals surface area contributed by atoms with Crippen LogP contribution in [0.1, 0.15) is 23.6 Å². The Hall–Kier alpha value is -4.12. The number of nitrogens with zero attached hydrogens (tertiary/aromatic N) is 1. The molecule has 0 fully saturated rings. The van der Waals surface area contributed by atoms with Gasteiger partial charge in [-0.25, -0.2) is 9.59 Å². The van der Waals surface area contributed by atoms with Crippen LogP contribution in [0.15, 0.2) is 97.6 Å². The summed E-state index contributed by atoms with van der Waals surface area (Å²) < 4.78 is 10.3. The van der Waals surface area contributed by atoms with Gasteiger partial charge in [-0.1, -0.05) is 55.1 Å². The molecule has 0 spiro atoms. The maximum atomic E-state index is 11.6. The van der Waals surface area contributed by atoms with Crippen LogP contribution in [0.4, 0.5) is 17.1 Å². The van der Waals surface area contributed by atoms with Gasteiger partial charge < -0.3 is 14.4 Å². The predicted octanol–water partition coefficient (Wildman–Crippen LogP) is 6.40. The first-order valence-corrected chi connectivity index (χ1v) is 11.5. The molecule has 0 saturated heterocycles. The number of hydrogen-bond donors (Lipinski definition) is 0. The largest absolute Gasteiger partial charge is 0.462 e. The third-order valence-electron chi connectivity index (χ3n) is 5.46. The molecule has 0 aromatic heterocycles. The zero-order valence-electron chi connectivity index (χ0n) is 20.3. The lowest BCUT2D eigenvalue weighted by atomic mass is 10.1. The summed E-state index contributed by atoms with van der Waals surface area (Å²) in [5.41, 5.74) is 6.83. The third kappa shape index (κ3) is 7.44. The summed E-state index contributed by atoms with van der Waals surface area (Å²) in [5, 5.41) is 0. The first-order valence-electron chi connectivity index (χ1n) is 11.5. The van der Waals surface area contributed by atoms with E-state index in [1.54, 1.807) is 6.92 Å². The Morgan fingerprint density at radius 1 is 0.771 bits per heavy atom. The normalized spacial score (nSPS) is 10.3. The number of ether oxygens (including phenoxy) is 2. The van der Waals surface area contributed by atoms with Crippen LogP contribution in [0.3, 0.4) is 0 Å². The van der Waals surface area contributed by atoms with Gasteiger partial charge in [0.2, 0.25) is 0 Å². The summed E-state index contributed by atoms with van der Waals surface area (Å²) in [5.74, 6) is -0.779. The average molecular weight is 470 g/mol. The Balaban J connectivity index is 1.77. The van der Waals surface area contributed by atoms with Gasteiger partial charge in [-0.2, -0.15) is 0 Å². The van der Waals surface area contributed by atoms with E-state index in [1.807, 2.05) is 24.3 Å². The van der Waals surface area contributed by atoms with Gasteiger partial charge in [-0.05, 0) is 61.4 Å². The van der Waals surface area contributed by atoms with Crippen LogP contribution in [0.5, 0.6) is 0 Å². The molecule has 5 heteroatoms. The van der Waals surface area contributed by atoms with Crippen molar-refractivity contribution in [2.75, 3.05) is 18.1 Å². The van der Waals surface area contributed by atoms with Gasteiger partial charge in [0.15, 0.2) is 0 Å². The topological polar surface area (TPSA) is 55.8 Å². The highest BCUT2D eigenvalue weighted by Gasteiger charge is 2.13. The van der Waals surface area contributed by atoms with Crippen LogP contribution < -0.4 is 4.90 Å². The van der Waals surface area contributed by atoms with E-state index in [2.05, 4.69) is 73.5 Å². The third-order valence-corrected chi connectivity index (χ3v) is 5.46. The summed E-state index contributed by atoms with van der Waals surface area (Å²) in [7, 11) is 0. The van der Waals surface area contributed by atoms with E-state index in [1.165, 1.54) is 11.6 Å². The van der Waals surface area contributed by atoms with E-state index >= 15 is 0 Å². The molecule has 180 valence electrons. The minimum Gasteiger partial charge on any atom is -0.462 e. The Morgan fingerprint density at radius 3 is 1.63 bits per heavy atom. The lowest BCUT2D eigenvalue weighted by Crippen LogP contribution is -2.11. The van der Waals surface area contributed by atoms with Crippen molar-refractivity contribution < 1.29 is 19.1 Å². The number of rotatable bonds is 11. The van der Waals surface area contributed by atoms with E-state index < -0.39 is 5.97 Å². The zero-order chi connectivity index (χ0) is 25.2. The minimum atomic E-state index is -0.412. The summed E-state index contributed by atoms with van der Waals surface area (Å²) in [4.78, 5) is 25.0.